The third-order valence-corrected chi connectivity index (χ3v) is 4.82. The number of nitrogens with one attached hydrogen (secondary N) is 1. The first-order valence-corrected chi connectivity index (χ1v) is 6.79. The Bertz CT molecular complexity index is 617. The van der Waals surface area contributed by atoms with Gasteiger partial charge in [-0.1, -0.05) is 49.4 Å². The number of anilines is 1. The van der Waals surface area contributed by atoms with E-state index < -0.39 is 0 Å². The maximum absolute atomic E-state index is 3.74. The van der Waals surface area contributed by atoms with Crippen LogP contribution in [0.2, 0.25) is 0 Å². The van der Waals surface area contributed by atoms with Gasteiger partial charge >= 0.3 is 0 Å². The van der Waals surface area contributed by atoms with Crippen molar-refractivity contribution < 1.29 is 0 Å². The highest BCUT2D eigenvalue weighted by molar-refractivity contribution is 5.67. The Labute approximate surface area is 108 Å². The van der Waals surface area contributed by atoms with Crippen molar-refractivity contribution in [2.75, 3.05) is 5.32 Å². The lowest BCUT2D eigenvalue weighted by molar-refractivity contribution is 0.403. The molecule has 18 heavy (non-hydrogen) atoms. The molecule has 0 saturated carbocycles. The van der Waals surface area contributed by atoms with Crippen LogP contribution in [0.1, 0.15) is 36.1 Å². The Morgan fingerprint density at radius 1 is 1.11 bits per heavy atom. The van der Waals surface area contributed by atoms with Gasteiger partial charge in [-0.05, 0) is 35.6 Å². The number of benzene rings is 2. The minimum atomic E-state index is 0.278. The van der Waals surface area contributed by atoms with E-state index in [2.05, 4.69) is 60.8 Å². The number of hydrogen-bond acceptors (Lipinski definition) is 1. The maximum atomic E-state index is 3.74. The molecule has 0 amide bonds. The summed E-state index contributed by atoms with van der Waals surface area (Å²) in [6, 6.07) is 18.2. The van der Waals surface area contributed by atoms with Crippen LogP contribution < -0.4 is 5.32 Å². The van der Waals surface area contributed by atoms with Gasteiger partial charge in [-0.25, -0.2) is 0 Å². The molecule has 0 saturated heterocycles. The van der Waals surface area contributed by atoms with Crippen LogP contribution in [0, 0.1) is 0 Å². The minimum absolute atomic E-state index is 0.278. The van der Waals surface area contributed by atoms with E-state index in [1.54, 1.807) is 0 Å². The molecule has 2 aromatic rings. The molecule has 1 heterocycles. The molecule has 2 atom stereocenters. The van der Waals surface area contributed by atoms with Gasteiger partial charge in [0.25, 0.3) is 0 Å². The maximum Gasteiger partial charge on any atom is 0.0617 e. The van der Waals surface area contributed by atoms with E-state index in [1.807, 2.05) is 0 Å². The van der Waals surface area contributed by atoms with Gasteiger partial charge in [-0.3, -0.25) is 0 Å². The molecule has 1 aliphatic carbocycles. The van der Waals surface area contributed by atoms with Gasteiger partial charge in [-0.2, -0.15) is 0 Å². The van der Waals surface area contributed by atoms with E-state index >= 15 is 0 Å². The molecule has 4 rings (SSSR count). The summed E-state index contributed by atoms with van der Waals surface area (Å²) < 4.78 is 0. The van der Waals surface area contributed by atoms with Crippen molar-refractivity contribution in [2.24, 2.45) is 0 Å². The normalized spacial score (nSPS) is 27.3. The van der Waals surface area contributed by atoms with Crippen LogP contribution in [0.5, 0.6) is 0 Å². The van der Waals surface area contributed by atoms with Gasteiger partial charge in [0.2, 0.25) is 0 Å². The Balaban J connectivity index is 1.94. The van der Waals surface area contributed by atoms with Crippen LogP contribution in [0.4, 0.5) is 5.69 Å². The lowest BCUT2D eigenvalue weighted by Gasteiger charge is -2.28. The monoisotopic (exact) mass is 235 g/mol. The summed E-state index contributed by atoms with van der Waals surface area (Å²) in [5.41, 5.74) is 6.13. The predicted octanol–water partition coefficient (Wildman–Crippen LogP) is 4.06. The first-order valence-electron chi connectivity index (χ1n) is 6.79. The summed E-state index contributed by atoms with van der Waals surface area (Å²) in [4.78, 5) is 0. The fourth-order valence-electron chi connectivity index (χ4n) is 3.90. The molecule has 1 aliphatic heterocycles. The number of hydrogen-bond donors (Lipinski definition) is 1. The number of para-hydroxylation sites is 1. The molecule has 2 unspecified atom stereocenters. The van der Waals surface area contributed by atoms with Crippen molar-refractivity contribution in [2.45, 2.75) is 31.2 Å². The van der Waals surface area contributed by atoms with Crippen molar-refractivity contribution in [3.8, 4) is 0 Å². The largest absolute Gasteiger partial charge is 0.377 e. The first-order chi connectivity index (χ1) is 8.85. The van der Waals surface area contributed by atoms with Crippen LogP contribution in [0.25, 0.3) is 0 Å². The van der Waals surface area contributed by atoms with Crippen LogP contribution in [0.3, 0.4) is 0 Å². The third kappa shape index (κ3) is 1.07. The average molecular weight is 235 g/mol. The molecule has 1 heteroatoms. The van der Waals surface area contributed by atoms with E-state index in [-0.39, 0.29) is 5.41 Å². The molecule has 2 aliphatic rings. The van der Waals surface area contributed by atoms with Gasteiger partial charge < -0.3 is 5.32 Å². The smallest absolute Gasteiger partial charge is 0.0617 e. The summed E-state index contributed by atoms with van der Waals surface area (Å²) in [5, 5.41) is 3.74. The van der Waals surface area contributed by atoms with E-state index in [1.165, 1.54) is 35.2 Å². The van der Waals surface area contributed by atoms with Crippen LogP contribution in [0.15, 0.2) is 48.5 Å². The van der Waals surface area contributed by atoms with Gasteiger partial charge in [0.1, 0.15) is 0 Å². The molecule has 0 radical (unpaired) electrons. The van der Waals surface area contributed by atoms with Gasteiger partial charge in [0, 0.05) is 11.1 Å². The summed E-state index contributed by atoms with van der Waals surface area (Å²) in [5.74, 6) is 0. The predicted molar refractivity (Wildman–Crippen MR) is 74.9 cm³/mol. The number of fused-ring (bicyclic) bond motifs is 5. The summed E-state index contributed by atoms with van der Waals surface area (Å²) >= 11 is 0. The molecule has 1 nitrogen and oxygen atoms in total. The van der Waals surface area contributed by atoms with E-state index in [0.29, 0.717) is 6.04 Å². The lowest BCUT2D eigenvalue weighted by atomic mass is 9.75. The summed E-state index contributed by atoms with van der Waals surface area (Å²) in [7, 11) is 0. The Kier molecular flexibility index (Phi) is 1.91. The molecule has 0 spiro atoms. The fraction of sp³-hybridized carbons (Fsp3) is 0.294. The lowest BCUT2D eigenvalue weighted by Crippen LogP contribution is -2.28. The van der Waals surface area contributed by atoms with E-state index in [9.17, 15) is 0 Å². The van der Waals surface area contributed by atoms with Gasteiger partial charge in [0.05, 0.1) is 6.04 Å². The second-order valence-corrected chi connectivity index (χ2v) is 5.51. The second kappa shape index (κ2) is 3.38. The number of rotatable bonds is 1. The molecule has 2 aromatic carbocycles. The van der Waals surface area contributed by atoms with Crippen LogP contribution in [-0.4, -0.2) is 0 Å². The minimum Gasteiger partial charge on any atom is -0.377 e. The first kappa shape index (κ1) is 10.2. The SMILES string of the molecule is CCC12Cc3ccccc3C1Nc1ccccc12. The highest BCUT2D eigenvalue weighted by Crippen LogP contribution is 2.57. The highest BCUT2D eigenvalue weighted by Gasteiger charge is 2.50. The summed E-state index contributed by atoms with van der Waals surface area (Å²) in [6.07, 6.45) is 2.37. The van der Waals surface area contributed by atoms with Crippen molar-refractivity contribution in [3.63, 3.8) is 0 Å². The van der Waals surface area contributed by atoms with E-state index in [4.69, 9.17) is 0 Å². The molecule has 0 aromatic heterocycles. The topological polar surface area (TPSA) is 12.0 Å². The zero-order valence-electron chi connectivity index (χ0n) is 10.6. The quantitative estimate of drug-likeness (QED) is 0.786. The van der Waals surface area contributed by atoms with E-state index in [0.717, 1.165) is 0 Å². The molecule has 0 bridgehead atoms. The highest BCUT2D eigenvalue weighted by atomic mass is 15.0. The summed E-state index contributed by atoms with van der Waals surface area (Å²) in [6.45, 7) is 2.32. The molecular weight excluding hydrogens is 218 g/mol. The Morgan fingerprint density at radius 2 is 1.89 bits per heavy atom. The van der Waals surface area contributed by atoms with Crippen molar-refractivity contribution in [3.05, 3.63) is 65.2 Å². The molecule has 0 fully saturated rings. The zero-order chi connectivity index (χ0) is 12.2. The zero-order valence-corrected chi connectivity index (χ0v) is 10.6. The van der Waals surface area contributed by atoms with Crippen LogP contribution in [-0.2, 0) is 11.8 Å². The third-order valence-electron chi connectivity index (χ3n) is 4.82. The Morgan fingerprint density at radius 3 is 2.78 bits per heavy atom. The second-order valence-electron chi connectivity index (χ2n) is 5.51. The van der Waals surface area contributed by atoms with Gasteiger partial charge in [-0.15, -0.1) is 0 Å². The molecule has 1 N–H and O–H groups in total. The molecular formula is C17H17N. The van der Waals surface area contributed by atoms with Crippen LogP contribution >= 0.6 is 0 Å². The molecule has 90 valence electrons. The van der Waals surface area contributed by atoms with Gasteiger partial charge in [0.15, 0.2) is 0 Å². The Hall–Kier alpha value is -1.76. The van der Waals surface area contributed by atoms with Crippen molar-refractivity contribution in [1.29, 1.82) is 0 Å². The average Bonchev–Trinajstić information content (AvgIpc) is 2.90. The fourth-order valence-corrected chi connectivity index (χ4v) is 3.90. The van der Waals surface area contributed by atoms with Crippen molar-refractivity contribution in [1.82, 2.24) is 0 Å². The van der Waals surface area contributed by atoms with Crippen molar-refractivity contribution >= 4 is 5.69 Å². The standard InChI is InChI=1S/C17H17N/c1-2-17-11-12-7-3-4-8-13(12)16(17)18-15-10-6-5-9-14(15)17/h3-10,16,18H,2,11H2,1H3.